The van der Waals surface area contributed by atoms with Crippen molar-refractivity contribution in [2.45, 2.75) is 23.6 Å². The molecule has 5 rings (SSSR count). The van der Waals surface area contributed by atoms with Gasteiger partial charge in [0.05, 0.1) is 48.5 Å². The molecule has 0 radical (unpaired) electrons. The SMILES string of the molecule is COc1ccc2c(c1)/C=C/CN(S(=O)(=O)c1ccc(C)cc1)c1ccc(OC)cc1/C=C/CN2S(=O)(=O)c1ccc(C)cc1. The van der Waals surface area contributed by atoms with E-state index in [1.54, 1.807) is 109 Å². The number of fused-ring (bicyclic) bond motifs is 2. The van der Waals surface area contributed by atoms with Crippen molar-refractivity contribution in [3.8, 4) is 11.5 Å². The van der Waals surface area contributed by atoms with Crippen LogP contribution in [-0.2, 0) is 20.0 Å². The minimum absolute atomic E-state index is 0.0231. The highest BCUT2D eigenvalue weighted by molar-refractivity contribution is 7.93. The maximum Gasteiger partial charge on any atom is 0.264 e. The first-order chi connectivity index (χ1) is 21.0. The minimum Gasteiger partial charge on any atom is -0.497 e. The molecule has 44 heavy (non-hydrogen) atoms. The molecule has 4 aromatic carbocycles. The van der Waals surface area contributed by atoms with Crippen LogP contribution < -0.4 is 18.1 Å². The number of hydrogen-bond donors (Lipinski definition) is 0. The molecule has 0 saturated heterocycles. The first kappa shape index (κ1) is 30.9. The molecule has 0 aromatic heterocycles. The van der Waals surface area contributed by atoms with Gasteiger partial charge in [0.15, 0.2) is 0 Å². The predicted molar refractivity (Wildman–Crippen MR) is 175 cm³/mol. The van der Waals surface area contributed by atoms with Crippen LogP contribution in [0, 0.1) is 13.8 Å². The first-order valence-corrected chi connectivity index (χ1v) is 16.8. The van der Waals surface area contributed by atoms with Gasteiger partial charge in [-0.15, -0.1) is 0 Å². The number of aryl methyl sites for hydroxylation is 2. The summed E-state index contributed by atoms with van der Waals surface area (Å²) in [5.41, 5.74) is 3.84. The molecule has 228 valence electrons. The van der Waals surface area contributed by atoms with Crippen LogP contribution in [0.5, 0.6) is 11.5 Å². The van der Waals surface area contributed by atoms with Crippen molar-refractivity contribution in [3.63, 3.8) is 0 Å². The number of methoxy groups -OCH3 is 2. The Morgan fingerprint density at radius 3 is 1.25 bits per heavy atom. The van der Waals surface area contributed by atoms with E-state index in [1.807, 2.05) is 13.8 Å². The highest BCUT2D eigenvalue weighted by Crippen LogP contribution is 2.35. The Kier molecular flexibility index (Phi) is 8.85. The quantitative estimate of drug-likeness (QED) is 0.243. The fourth-order valence-electron chi connectivity index (χ4n) is 4.92. The number of hydrogen-bond acceptors (Lipinski definition) is 6. The van der Waals surface area contributed by atoms with Gasteiger partial charge in [0.1, 0.15) is 11.5 Å². The van der Waals surface area contributed by atoms with Gasteiger partial charge in [-0.3, -0.25) is 8.61 Å². The normalized spacial score (nSPS) is 15.3. The van der Waals surface area contributed by atoms with Crippen LogP contribution in [0.1, 0.15) is 22.3 Å². The molecular weight excluding hydrogens is 597 g/mol. The largest absolute Gasteiger partial charge is 0.497 e. The minimum atomic E-state index is -3.99. The van der Waals surface area contributed by atoms with Crippen LogP contribution in [0.15, 0.2) is 107 Å². The molecule has 0 aliphatic carbocycles. The second kappa shape index (κ2) is 12.6. The zero-order valence-electron chi connectivity index (χ0n) is 25.0. The summed E-state index contributed by atoms with van der Waals surface area (Å²) in [6.07, 6.45) is 6.86. The Balaban J connectivity index is 1.70. The highest BCUT2D eigenvalue weighted by Gasteiger charge is 2.28. The standard InChI is InChI=1S/C34H34N2O6S2/c1-25-9-15-31(16-10-25)43(37,38)35-21-5-7-28-24-30(42-4)14-20-34(28)36(44(39,40)32-17-11-26(2)12-18-32)22-6-8-27-23-29(41-3)13-19-33(27)35/h5-20,23-24H,21-22H2,1-4H3/b7-5+,8-6+. The van der Waals surface area contributed by atoms with E-state index in [0.29, 0.717) is 34.0 Å². The zero-order valence-corrected chi connectivity index (χ0v) is 26.6. The Hall–Kier alpha value is -4.54. The summed E-state index contributed by atoms with van der Waals surface area (Å²) in [5.74, 6) is 1.07. The third-order valence-corrected chi connectivity index (χ3v) is 10.9. The van der Waals surface area contributed by atoms with Crippen LogP contribution in [-0.4, -0.2) is 44.1 Å². The lowest BCUT2D eigenvalue weighted by Crippen LogP contribution is -2.33. The second-order valence-electron chi connectivity index (χ2n) is 10.4. The molecule has 10 heteroatoms. The van der Waals surface area contributed by atoms with Gasteiger partial charge in [0, 0.05) is 11.1 Å². The van der Waals surface area contributed by atoms with Crippen LogP contribution in [0.4, 0.5) is 11.4 Å². The van der Waals surface area contributed by atoms with E-state index >= 15 is 0 Å². The average molecular weight is 631 g/mol. The summed E-state index contributed by atoms with van der Waals surface area (Å²) >= 11 is 0. The van der Waals surface area contributed by atoms with Gasteiger partial charge in [-0.1, -0.05) is 59.7 Å². The van der Waals surface area contributed by atoms with Crippen LogP contribution >= 0.6 is 0 Å². The van der Waals surface area contributed by atoms with E-state index in [0.717, 1.165) is 11.1 Å². The monoisotopic (exact) mass is 630 g/mol. The molecule has 0 atom stereocenters. The number of nitrogens with zero attached hydrogens (tertiary/aromatic N) is 2. The third kappa shape index (κ3) is 6.22. The number of benzene rings is 4. The van der Waals surface area contributed by atoms with Gasteiger partial charge in [0.25, 0.3) is 20.0 Å². The maximum atomic E-state index is 14.1. The number of ether oxygens (including phenoxy) is 2. The Morgan fingerprint density at radius 1 is 0.545 bits per heavy atom. The summed E-state index contributed by atoms with van der Waals surface area (Å²) in [6.45, 7) is 3.75. The van der Waals surface area contributed by atoms with E-state index in [9.17, 15) is 16.8 Å². The summed E-state index contributed by atoms with van der Waals surface area (Å²) < 4.78 is 69.9. The summed E-state index contributed by atoms with van der Waals surface area (Å²) in [7, 11) is -4.91. The molecule has 8 nitrogen and oxygen atoms in total. The predicted octanol–water partition coefficient (Wildman–Crippen LogP) is 6.45. The van der Waals surface area contributed by atoms with E-state index in [-0.39, 0.29) is 22.9 Å². The molecule has 1 aliphatic heterocycles. The molecule has 0 N–H and O–H groups in total. The molecule has 0 saturated carbocycles. The third-order valence-electron chi connectivity index (χ3n) is 7.36. The Morgan fingerprint density at radius 2 is 0.909 bits per heavy atom. The molecule has 0 amide bonds. The number of anilines is 2. The van der Waals surface area contributed by atoms with Gasteiger partial charge >= 0.3 is 0 Å². The van der Waals surface area contributed by atoms with Crippen molar-refractivity contribution < 1.29 is 26.3 Å². The van der Waals surface area contributed by atoms with Gasteiger partial charge in [-0.2, -0.15) is 0 Å². The smallest absolute Gasteiger partial charge is 0.264 e. The molecule has 0 fully saturated rings. The molecular formula is C34H34N2O6S2. The van der Waals surface area contributed by atoms with Crippen molar-refractivity contribution in [1.29, 1.82) is 0 Å². The van der Waals surface area contributed by atoms with Gasteiger partial charge in [-0.05, 0) is 74.5 Å². The second-order valence-corrected chi connectivity index (χ2v) is 14.1. The van der Waals surface area contributed by atoms with Crippen molar-refractivity contribution in [2.75, 3.05) is 35.9 Å². The summed E-state index contributed by atoms with van der Waals surface area (Å²) in [6, 6.07) is 23.7. The van der Waals surface area contributed by atoms with Gasteiger partial charge < -0.3 is 9.47 Å². The van der Waals surface area contributed by atoms with E-state index in [4.69, 9.17) is 9.47 Å². The number of rotatable bonds is 6. The molecule has 1 aliphatic rings. The first-order valence-electron chi connectivity index (χ1n) is 13.9. The van der Waals surface area contributed by atoms with Crippen molar-refractivity contribution >= 4 is 43.6 Å². The molecule has 4 aromatic rings. The van der Waals surface area contributed by atoms with Crippen LogP contribution in [0.3, 0.4) is 0 Å². The van der Waals surface area contributed by atoms with Crippen LogP contribution in [0.2, 0.25) is 0 Å². The lowest BCUT2D eigenvalue weighted by Gasteiger charge is -2.27. The maximum absolute atomic E-state index is 14.1. The zero-order chi connectivity index (χ0) is 31.5. The molecule has 0 spiro atoms. The molecule has 0 bridgehead atoms. The van der Waals surface area contributed by atoms with E-state index in [2.05, 4.69) is 0 Å². The number of sulfonamides is 2. The van der Waals surface area contributed by atoms with Crippen LogP contribution in [0.25, 0.3) is 12.2 Å². The average Bonchev–Trinajstić information content (AvgIpc) is 3.01. The van der Waals surface area contributed by atoms with E-state index in [1.165, 1.54) is 22.8 Å². The van der Waals surface area contributed by atoms with Crippen molar-refractivity contribution in [2.24, 2.45) is 0 Å². The highest BCUT2D eigenvalue weighted by atomic mass is 32.2. The lowest BCUT2D eigenvalue weighted by molar-refractivity contribution is 0.414. The van der Waals surface area contributed by atoms with Gasteiger partial charge in [0.2, 0.25) is 0 Å². The van der Waals surface area contributed by atoms with Crippen molar-refractivity contribution in [1.82, 2.24) is 0 Å². The van der Waals surface area contributed by atoms with Gasteiger partial charge in [-0.25, -0.2) is 16.8 Å². The summed E-state index contributed by atoms with van der Waals surface area (Å²) in [5, 5.41) is 0. The fraction of sp³-hybridized carbons (Fsp3) is 0.176. The Bertz CT molecular complexity index is 1790. The van der Waals surface area contributed by atoms with Crippen molar-refractivity contribution in [3.05, 3.63) is 119 Å². The topological polar surface area (TPSA) is 93.2 Å². The fourth-order valence-corrected chi connectivity index (χ4v) is 7.80. The molecule has 1 heterocycles. The summed E-state index contributed by atoms with van der Waals surface area (Å²) in [4.78, 5) is 0.318. The van der Waals surface area contributed by atoms with E-state index < -0.39 is 20.0 Å². The Labute approximate surface area is 259 Å². The lowest BCUT2D eigenvalue weighted by atomic mass is 10.1. The molecule has 0 unspecified atom stereocenters.